The molecule has 0 aliphatic carbocycles. The fraction of sp³-hybridized carbons (Fsp3) is 0.417. The Labute approximate surface area is 105 Å². The number of aromatic nitrogens is 3. The Bertz CT molecular complexity index is 571. The Balaban J connectivity index is 2.22. The molecule has 0 aliphatic rings. The fourth-order valence-electron chi connectivity index (χ4n) is 1.41. The molecule has 0 fully saturated rings. The van der Waals surface area contributed by atoms with Crippen molar-refractivity contribution in [2.24, 2.45) is 0 Å². The van der Waals surface area contributed by atoms with Crippen LogP contribution in [0.4, 0.5) is 10.6 Å². The normalized spacial score (nSPS) is 11.6. The molecular formula is C12H16N4O2. The monoisotopic (exact) mass is 248 g/mol. The number of nitrogens with one attached hydrogen (secondary N) is 1. The third-order valence-electron chi connectivity index (χ3n) is 2.26. The first-order valence-electron chi connectivity index (χ1n) is 5.64. The summed E-state index contributed by atoms with van der Waals surface area (Å²) < 4.78 is 5.26. The predicted octanol–water partition coefficient (Wildman–Crippen LogP) is 2.33. The van der Waals surface area contributed by atoms with Gasteiger partial charge in [0, 0.05) is 13.2 Å². The highest BCUT2D eigenvalue weighted by molar-refractivity contribution is 5.87. The molecule has 6 heteroatoms. The van der Waals surface area contributed by atoms with E-state index in [9.17, 15) is 4.79 Å². The highest BCUT2D eigenvalue weighted by Crippen LogP contribution is 2.16. The van der Waals surface area contributed by atoms with Crippen molar-refractivity contribution in [3.8, 4) is 0 Å². The average Bonchev–Trinajstić information content (AvgIpc) is 2.72. The van der Waals surface area contributed by atoms with Crippen LogP contribution in [0.1, 0.15) is 20.8 Å². The molecule has 0 saturated carbocycles. The Morgan fingerprint density at radius 3 is 2.83 bits per heavy atom. The lowest BCUT2D eigenvalue weighted by Gasteiger charge is -2.23. The van der Waals surface area contributed by atoms with Gasteiger partial charge in [-0.15, -0.1) is 0 Å². The second-order valence-electron chi connectivity index (χ2n) is 4.98. The van der Waals surface area contributed by atoms with E-state index in [0.717, 1.165) is 0 Å². The van der Waals surface area contributed by atoms with E-state index in [1.807, 2.05) is 20.8 Å². The Morgan fingerprint density at radius 1 is 1.44 bits per heavy atom. The van der Waals surface area contributed by atoms with Crippen LogP contribution < -0.4 is 4.90 Å². The van der Waals surface area contributed by atoms with Crippen molar-refractivity contribution in [1.29, 1.82) is 0 Å². The summed E-state index contributed by atoms with van der Waals surface area (Å²) in [6.45, 7) is 5.46. The minimum atomic E-state index is -0.531. The zero-order chi connectivity index (χ0) is 13.3. The maximum atomic E-state index is 11.9. The molecule has 0 radical (unpaired) electrons. The van der Waals surface area contributed by atoms with Crippen molar-refractivity contribution < 1.29 is 9.53 Å². The zero-order valence-corrected chi connectivity index (χ0v) is 10.9. The van der Waals surface area contributed by atoms with Crippen molar-refractivity contribution >= 4 is 23.1 Å². The fourth-order valence-corrected chi connectivity index (χ4v) is 1.41. The van der Waals surface area contributed by atoms with E-state index in [-0.39, 0.29) is 0 Å². The van der Waals surface area contributed by atoms with Crippen LogP contribution in [-0.4, -0.2) is 33.7 Å². The molecule has 0 bridgehead atoms. The highest BCUT2D eigenvalue weighted by atomic mass is 16.6. The molecule has 0 saturated heterocycles. The van der Waals surface area contributed by atoms with Crippen LogP contribution in [-0.2, 0) is 4.74 Å². The van der Waals surface area contributed by atoms with Crippen LogP contribution in [0, 0.1) is 0 Å². The molecule has 6 nitrogen and oxygen atoms in total. The molecular weight excluding hydrogens is 232 g/mol. The lowest BCUT2D eigenvalue weighted by atomic mass is 10.2. The predicted molar refractivity (Wildman–Crippen MR) is 68.5 cm³/mol. The number of anilines is 1. The number of hydrogen-bond acceptors (Lipinski definition) is 4. The maximum absolute atomic E-state index is 11.9. The first kappa shape index (κ1) is 12.3. The highest BCUT2D eigenvalue weighted by Gasteiger charge is 2.21. The van der Waals surface area contributed by atoms with E-state index >= 15 is 0 Å². The Hall–Kier alpha value is -2.11. The molecule has 2 rings (SSSR count). The lowest BCUT2D eigenvalue weighted by Crippen LogP contribution is -2.34. The minimum absolute atomic E-state index is 0.452. The number of rotatable bonds is 1. The van der Waals surface area contributed by atoms with Crippen LogP contribution >= 0.6 is 0 Å². The van der Waals surface area contributed by atoms with Gasteiger partial charge in [0.15, 0.2) is 11.5 Å². The van der Waals surface area contributed by atoms with Crippen LogP contribution in [0.25, 0.3) is 11.2 Å². The number of carbonyl (C=O) groups is 1. The van der Waals surface area contributed by atoms with E-state index in [1.54, 1.807) is 19.3 Å². The second-order valence-corrected chi connectivity index (χ2v) is 4.98. The van der Waals surface area contributed by atoms with E-state index in [4.69, 9.17) is 4.74 Å². The summed E-state index contributed by atoms with van der Waals surface area (Å²) in [6, 6.07) is 1.80. The number of fused-ring (bicyclic) bond motifs is 1. The second kappa shape index (κ2) is 4.29. The molecule has 0 unspecified atom stereocenters. The molecule has 18 heavy (non-hydrogen) atoms. The molecule has 1 N–H and O–H groups in total. The number of hydrogen-bond donors (Lipinski definition) is 1. The van der Waals surface area contributed by atoms with E-state index in [2.05, 4.69) is 15.0 Å². The molecule has 2 heterocycles. The summed E-state index contributed by atoms with van der Waals surface area (Å²) in [5.74, 6) is 0.455. The van der Waals surface area contributed by atoms with Gasteiger partial charge in [0.05, 0.1) is 6.20 Å². The molecule has 0 spiro atoms. The smallest absolute Gasteiger partial charge is 0.415 e. The van der Waals surface area contributed by atoms with Crippen LogP contribution in [0.3, 0.4) is 0 Å². The van der Waals surface area contributed by atoms with Gasteiger partial charge in [-0.05, 0) is 26.8 Å². The van der Waals surface area contributed by atoms with Crippen molar-refractivity contribution in [2.75, 3.05) is 11.9 Å². The maximum Gasteiger partial charge on any atom is 0.415 e. The van der Waals surface area contributed by atoms with Crippen molar-refractivity contribution in [1.82, 2.24) is 15.0 Å². The molecule has 96 valence electrons. The van der Waals surface area contributed by atoms with Crippen LogP contribution in [0.5, 0.6) is 0 Å². The standard InChI is InChI=1S/C12H16N4O2/c1-12(2,3)18-11(17)16(4)9-7-14-10-8(15-9)5-6-13-10/h5-7H,1-4H3,(H,13,14). The number of H-pyrrole nitrogens is 1. The Kier molecular flexibility index (Phi) is 2.94. The van der Waals surface area contributed by atoms with Gasteiger partial charge in [-0.2, -0.15) is 0 Å². The Morgan fingerprint density at radius 2 is 2.17 bits per heavy atom. The third kappa shape index (κ3) is 2.58. The molecule has 2 aromatic heterocycles. The van der Waals surface area contributed by atoms with Gasteiger partial charge in [0.2, 0.25) is 0 Å². The van der Waals surface area contributed by atoms with Crippen LogP contribution in [0.15, 0.2) is 18.5 Å². The SMILES string of the molecule is CN(C(=O)OC(C)(C)C)c1cnc2[nH]ccc2n1. The summed E-state index contributed by atoms with van der Waals surface area (Å²) in [7, 11) is 1.61. The number of nitrogens with zero attached hydrogens (tertiary/aromatic N) is 3. The number of amides is 1. The van der Waals surface area contributed by atoms with Crippen LogP contribution in [0.2, 0.25) is 0 Å². The van der Waals surface area contributed by atoms with Gasteiger partial charge in [0.25, 0.3) is 0 Å². The summed E-state index contributed by atoms with van der Waals surface area (Å²) >= 11 is 0. The molecule has 2 aromatic rings. The first-order valence-corrected chi connectivity index (χ1v) is 5.64. The summed E-state index contributed by atoms with van der Waals surface area (Å²) in [6.07, 6.45) is 2.83. The third-order valence-corrected chi connectivity index (χ3v) is 2.26. The molecule has 0 aliphatic heterocycles. The van der Waals surface area contributed by atoms with Gasteiger partial charge >= 0.3 is 6.09 Å². The molecule has 1 amide bonds. The summed E-state index contributed by atoms with van der Waals surface area (Å²) in [4.78, 5) is 24.6. The number of ether oxygens (including phenoxy) is 1. The van der Waals surface area contributed by atoms with E-state index in [0.29, 0.717) is 17.0 Å². The van der Waals surface area contributed by atoms with E-state index < -0.39 is 11.7 Å². The first-order chi connectivity index (χ1) is 8.37. The zero-order valence-electron chi connectivity index (χ0n) is 10.9. The summed E-state index contributed by atoms with van der Waals surface area (Å²) in [5.41, 5.74) is 0.871. The molecule has 0 aromatic carbocycles. The van der Waals surface area contributed by atoms with Gasteiger partial charge in [-0.3, -0.25) is 4.90 Å². The summed E-state index contributed by atoms with van der Waals surface area (Å²) in [5, 5.41) is 0. The lowest BCUT2D eigenvalue weighted by molar-refractivity contribution is 0.0588. The van der Waals surface area contributed by atoms with Crippen molar-refractivity contribution in [3.63, 3.8) is 0 Å². The molecule has 0 atom stereocenters. The largest absolute Gasteiger partial charge is 0.443 e. The number of carbonyl (C=O) groups excluding carboxylic acids is 1. The van der Waals surface area contributed by atoms with Gasteiger partial charge in [0.1, 0.15) is 11.1 Å². The average molecular weight is 248 g/mol. The van der Waals surface area contributed by atoms with Gasteiger partial charge in [-0.25, -0.2) is 14.8 Å². The van der Waals surface area contributed by atoms with E-state index in [1.165, 1.54) is 11.1 Å². The van der Waals surface area contributed by atoms with Crippen molar-refractivity contribution in [3.05, 3.63) is 18.5 Å². The quantitative estimate of drug-likeness (QED) is 0.840. The minimum Gasteiger partial charge on any atom is -0.443 e. The van der Waals surface area contributed by atoms with Crippen molar-refractivity contribution in [2.45, 2.75) is 26.4 Å². The number of aromatic amines is 1. The van der Waals surface area contributed by atoms with Gasteiger partial charge < -0.3 is 9.72 Å². The topological polar surface area (TPSA) is 71.1 Å². The van der Waals surface area contributed by atoms with Gasteiger partial charge in [-0.1, -0.05) is 0 Å².